The van der Waals surface area contributed by atoms with Crippen LogP contribution in [-0.4, -0.2) is 35.8 Å². The maximum absolute atomic E-state index is 12.1. The Kier molecular flexibility index (Phi) is 5.02. The molecule has 0 bridgehead atoms. The van der Waals surface area contributed by atoms with E-state index in [9.17, 15) is 4.79 Å². The molecule has 24 heavy (non-hydrogen) atoms. The van der Waals surface area contributed by atoms with Crippen molar-refractivity contribution in [3.63, 3.8) is 0 Å². The van der Waals surface area contributed by atoms with Crippen molar-refractivity contribution < 1.29 is 14.3 Å². The summed E-state index contributed by atoms with van der Waals surface area (Å²) in [6.45, 7) is 7.10. The van der Waals surface area contributed by atoms with Gasteiger partial charge in [0, 0.05) is 25.9 Å². The van der Waals surface area contributed by atoms with Crippen molar-refractivity contribution >= 4 is 6.09 Å². The standard InChI is InChI=1S/C20H29NO3/c1-20(2,3)24-19(22)21-12-10-17(11-13-21)23-18-9-8-15-6-4-5-7-16(15)14-18/h8-9,14,17H,4-7,10-13H2,1-3H3. The zero-order valence-corrected chi connectivity index (χ0v) is 15.1. The summed E-state index contributed by atoms with van der Waals surface area (Å²) in [6, 6.07) is 6.54. The van der Waals surface area contributed by atoms with Crippen LogP contribution in [0.3, 0.4) is 0 Å². The Labute approximate surface area is 145 Å². The molecule has 0 unspecified atom stereocenters. The van der Waals surface area contributed by atoms with Gasteiger partial charge in [0.2, 0.25) is 0 Å². The SMILES string of the molecule is CC(C)(C)OC(=O)N1CCC(Oc2ccc3c(c2)CCCC3)CC1. The number of fused-ring (bicyclic) bond motifs is 1. The first-order valence-electron chi connectivity index (χ1n) is 9.17. The summed E-state index contributed by atoms with van der Waals surface area (Å²) in [7, 11) is 0. The van der Waals surface area contributed by atoms with Crippen molar-refractivity contribution in [3.05, 3.63) is 29.3 Å². The number of ether oxygens (including phenoxy) is 2. The predicted molar refractivity (Wildman–Crippen MR) is 94.5 cm³/mol. The predicted octanol–water partition coefficient (Wildman–Crippen LogP) is 4.34. The number of piperidine rings is 1. The minimum atomic E-state index is -0.437. The lowest BCUT2D eigenvalue weighted by Gasteiger charge is -2.33. The van der Waals surface area contributed by atoms with Crippen LogP contribution in [0.1, 0.15) is 57.6 Å². The highest BCUT2D eigenvalue weighted by molar-refractivity contribution is 5.68. The number of benzene rings is 1. The minimum Gasteiger partial charge on any atom is -0.490 e. The fourth-order valence-electron chi connectivity index (χ4n) is 3.46. The average Bonchev–Trinajstić information content (AvgIpc) is 2.54. The van der Waals surface area contributed by atoms with E-state index in [0.717, 1.165) is 18.6 Å². The molecule has 0 radical (unpaired) electrons. The van der Waals surface area contributed by atoms with Crippen LogP contribution in [0.5, 0.6) is 5.75 Å². The molecule has 1 aromatic rings. The van der Waals surface area contributed by atoms with E-state index in [0.29, 0.717) is 13.1 Å². The number of nitrogens with zero attached hydrogens (tertiary/aromatic N) is 1. The van der Waals surface area contributed by atoms with Gasteiger partial charge in [-0.15, -0.1) is 0 Å². The number of amides is 1. The quantitative estimate of drug-likeness (QED) is 0.809. The molecule has 1 aliphatic heterocycles. The number of likely N-dealkylation sites (tertiary alicyclic amines) is 1. The second-order valence-electron chi connectivity index (χ2n) is 7.92. The van der Waals surface area contributed by atoms with Crippen LogP contribution in [0.2, 0.25) is 0 Å². The maximum atomic E-state index is 12.1. The Morgan fingerprint density at radius 3 is 2.42 bits per heavy atom. The smallest absolute Gasteiger partial charge is 0.410 e. The van der Waals surface area contributed by atoms with Gasteiger partial charge in [-0.25, -0.2) is 4.79 Å². The van der Waals surface area contributed by atoms with E-state index in [1.807, 2.05) is 20.8 Å². The molecule has 0 saturated carbocycles. The monoisotopic (exact) mass is 331 g/mol. The summed E-state index contributed by atoms with van der Waals surface area (Å²) in [5.41, 5.74) is 2.49. The van der Waals surface area contributed by atoms with Gasteiger partial charge in [-0.3, -0.25) is 0 Å². The molecular formula is C20H29NO3. The van der Waals surface area contributed by atoms with Gasteiger partial charge >= 0.3 is 6.09 Å². The van der Waals surface area contributed by atoms with E-state index in [4.69, 9.17) is 9.47 Å². The van der Waals surface area contributed by atoms with Crippen LogP contribution in [-0.2, 0) is 17.6 Å². The summed E-state index contributed by atoms with van der Waals surface area (Å²) in [6.07, 6.45) is 6.64. The van der Waals surface area contributed by atoms with E-state index in [1.165, 1.54) is 36.8 Å². The van der Waals surface area contributed by atoms with Gasteiger partial charge in [0.15, 0.2) is 0 Å². The van der Waals surface area contributed by atoms with Crippen LogP contribution in [0.4, 0.5) is 4.79 Å². The first kappa shape index (κ1) is 17.1. The number of carbonyl (C=O) groups excluding carboxylic acids is 1. The minimum absolute atomic E-state index is 0.185. The second-order valence-corrected chi connectivity index (χ2v) is 7.92. The van der Waals surface area contributed by atoms with Crippen molar-refractivity contribution in [2.75, 3.05) is 13.1 Å². The molecule has 2 aliphatic rings. The molecule has 0 spiro atoms. The lowest BCUT2D eigenvalue weighted by Crippen LogP contribution is -2.44. The molecule has 0 N–H and O–H groups in total. The fourth-order valence-corrected chi connectivity index (χ4v) is 3.46. The zero-order valence-electron chi connectivity index (χ0n) is 15.1. The number of rotatable bonds is 2. The first-order chi connectivity index (χ1) is 11.4. The normalized spacial score (nSPS) is 18.9. The van der Waals surface area contributed by atoms with Crippen LogP contribution < -0.4 is 4.74 Å². The van der Waals surface area contributed by atoms with Gasteiger partial charge in [0.05, 0.1) is 0 Å². The van der Waals surface area contributed by atoms with Gasteiger partial charge < -0.3 is 14.4 Å². The molecule has 1 amide bonds. The van der Waals surface area contributed by atoms with E-state index in [1.54, 1.807) is 4.90 Å². The van der Waals surface area contributed by atoms with Crippen LogP contribution in [0.25, 0.3) is 0 Å². The summed E-state index contributed by atoms with van der Waals surface area (Å²) in [5.74, 6) is 0.978. The van der Waals surface area contributed by atoms with Gasteiger partial charge in [0.25, 0.3) is 0 Å². The maximum Gasteiger partial charge on any atom is 0.410 e. The molecular weight excluding hydrogens is 302 g/mol. The third-order valence-electron chi connectivity index (χ3n) is 4.72. The molecule has 1 fully saturated rings. The average molecular weight is 331 g/mol. The molecule has 1 heterocycles. The Morgan fingerprint density at radius 1 is 1.08 bits per heavy atom. The van der Waals surface area contributed by atoms with Crippen molar-refractivity contribution in [1.82, 2.24) is 4.90 Å². The Bertz CT molecular complexity index is 583. The second kappa shape index (κ2) is 7.04. The fraction of sp³-hybridized carbons (Fsp3) is 0.650. The molecule has 4 nitrogen and oxygen atoms in total. The van der Waals surface area contributed by atoms with Crippen molar-refractivity contribution in [3.8, 4) is 5.75 Å². The molecule has 1 saturated heterocycles. The van der Waals surface area contributed by atoms with E-state index in [-0.39, 0.29) is 12.2 Å². The van der Waals surface area contributed by atoms with E-state index >= 15 is 0 Å². The molecule has 0 atom stereocenters. The van der Waals surface area contributed by atoms with E-state index < -0.39 is 5.60 Å². The van der Waals surface area contributed by atoms with Crippen LogP contribution >= 0.6 is 0 Å². The molecule has 0 aromatic heterocycles. The Balaban J connectivity index is 1.51. The summed E-state index contributed by atoms with van der Waals surface area (Å²) >= 11 is 0. The number of hydrogen-bond donors (Lipinski definition) is 0. The van der Waals surface area contributed by atoms with Crippen molar-refractivity contribution in [1.29, 1.82) is 0 Å². The molecule has 1 aromatic carbocycles. The zero-order chi connectivity index (χ0) is 17.2. The highest BCUT2D eigenvalue weighted by Crippen LogP contribution is 2.27. The highest BCUT2D eigenvalue weighted by atomic mass is 16.6. The lowest BCUT2D eigenvalue weighted by atomic mass is 9.92. The summed E-state index contributed by atoms with van der Waals surface area (Å²) < 4.78 is 11.6. The van der Waals surface area contributed by atoms with Gasteiger partial charge in [-0.1, -0.05) is 6.07 Å². The van der Waals surface area contributed by atoms with Crippen LogP contribution in [0.15, 0.2) is 18.2 Å². The Morgan fingerprint density at radius 2 is 1.75 bits per heavy atom. The number of aryl methyl sites for hydroxylation is 2. The molecule has 132 valence electrons. The summed E-state index contributed by atoms with van der Waals surface area (Å²) in [5, 5.41) is 0. The van der Waals surface area contributed by atoms with Gasteiger partial charge in [-0.2, -0.15) is 0 Å². The third kappa shape index (κ3) is 4.43. The highest BCUT2D eigenvalue weighted by Gasteiger charge is 2.27. The molecule has 4 heteroatoms. The number of carbonyl (C=O) groups is 1. The Hall–Kier alpha value is -1.71. The third-order valence-corrected chi connectivity index (χ3v) is 4.72. The van der Waals surface area contributed by atoms with Gasteiger partial charge in [-0.05, 0) is 69.7 Å². The number of hydrogen-bond acceptors (Lipinski definition) is 3. The van der Waals surface area contributed by atoms with Gasteiger partial charge in [0.1, 0.15) is 17.5 Å². The molecule has 1 aliphatic carbocycles. The van der Waals surface area contributed by atoms with E-state index in [2.05, 4.69) is 18.2 Å². The van der Waals surface area contributed by atoms with Crippen molar-refractivity contribution in [2.24, 2.45) is 0 Å². The van der Waals surface area contributed by atoms with Crippen molar-refractivity contribution in [2.45, 2.75) is 71.0 Å². The molecule has 3 rings (SSSR count). The summed E-state index contributed by atoms with van der Waals surface area (Å²) in [4.78, 5) is 13.9. The first-order valence-corrected chi connectivity index (χ1v) is 9.17. The van der Waals surface area contributed by atoms with Crippen LogP contribution in [0, 0.1) is 0 Å². The largest absolute Gasteiger partial charge is 0.490 e. The lowest BCUT2D eigenvalue weighted by molar-refractivity contribution is 0.0126. The topological polar surface area (TPSA) is 38.8 Å².